The number of nitrogens with one attached hydrogen (secondary N) is 2. The lowest BCUT2D eigenvalue weighted by Gasteiger charge is -2.26. The average Bonchev–Trinajstić information content (AvgIpc) is 2.98. The quantitative estimate of drug-likeness (QED) is 0.764. The van der Waals surface area contributed by atoms with Crippen molar-refractivity contribution in [3.8, 4) is 5.75 Å². The lowest BCUT2D eigenvalue weighted by molar-refractivity contribution is -0.123. The molecule has 6 heteroatoms. The van der Waals surface area contributed by atoms with Gasteiger partial charge >= 0.3 is 0 Å². The van der Waals surface area contributed by atoms with Gasteiger partial charge in [-0.3, -0.25) is 9.59 Å². The first kappa shape index (κ1) is 17.7. The molecule has 0 spiro atoms. The van der Waals surface area contributed by atoms with Crippen molar-refractivity contribution in [1.29, 1.82) is 0 Å². The SMILES string of the molecule is CCC1Oc2cc(C(C)NC(=O)C[C@@H]3CCC[C@H]3N)ccc2NC1=O. The maximum Gasteiger partial charge on any atom is 0.265 e. The molecule has 2 aliphatic rings. The minimum Gasteiger partial charge on any atom is -0.478 e. The number of benzene rings is 1. The molecule has 3 rings (SSSR count). The molecule has 1 aromatic rings. The molecule has 1 heterocycles. The lowest BCUT2D eigenvalue weighted by Crippen LogP contribution is -2.36. The Hall–Kier alpha value is -2.08. The number of hydrogen-bond acceptors (Lipinski definition) is 4. The number of carbonyl (C=O) groups excluding carboxylic acids is 2. The van der Waals surface area contributed by atoms with Crippen LogP contribution in [0.1, 0.15) is 57.6 Å². The molecule has 1 fully saturated rings. The van der Waals surface area contributed by atoms with Gasteiger partial charge in [-0.05, 0) is 49.8 Å². The van der Waals surface area contributed by atoms with E-state index in [1.807, 2.05) is 32.0 Å². The molecule has 0 saturated heterocycles. The summed E-state index contributed by atoms with van der Waals surface area (Å²) in [6, 6.07) is 5.64. The van der Waals surface area contributed by atoms with Crippen LogP contribution in [0.3, 0.4) is 0 Å². The van der Waals surface area contributed by atoms with Crippen molar-refractivity contribution in [3.05, 3.63) is 23.8 Å². The van der Waals surface area contributed by atoms with E-state index in [-0.39, 0.29) is 23.9 Å². The molecule has 1 aromatic carbocycles. The van der Waals surface area contributed by atoms with Crippen molar-refractivity contribution >= 4 is 17.5 Å². The van der Waals surface area contributed by atoms with Gasteiger partial charge in [0.25, 0.3) is 5.91 Å². The van der Waals surface area contributed by atoms with E-state index in [0.29, 0.717) is 30.2 Å². The molecule has 136 valence electrons. The van der Waals surface area contributed by atoms with Gasteiger partial charge in [0.15, 0.2) is 6.10 Å². The lowest BCUT2D eigenvalue weighted by atomic mass is 9.99. The van der Waals surface area contributed by atoms with Gasteiger partial charge in [-0.1, -0.05) is 19.4 Å². The van der Waals surface area contributed by atoms with Gasteiger partial charge in [-0.25, -0.2) is 0 Å². The highest BCUT2D eigenvalue weighted by Gasteiger charge is 2.28. The molecule has 25 heavy (non-hydrogen) atoms. The van der Waals surface area contributed by atoms with Crippen molar-refractivity contribution in [3.63, 3.8) is 0 Å². The number of fused-ring (bicyclic) bond motifs is 1. The highest BCUT2D eigenvalue weighted by molar-refractivity contribution is 5.97. The van der Waals surface area contributed by atoms with Gasteiger partial charge in [0.05, 0.1) is 11.7 Å². The highest BCUT2D eigenvalue weighted by Crippen LogP contribution is 2.33. The Balaban J connectivity index is 1.63. The average molecular weight is 345 g/mol. The number of hydrogen-bond donors (Lipinski definition) is 3. The first-order chi connectivity index (χ1) is 12.0. The van der Waals surface area contributed by atoms with Gasteiger partial charge in [0.2, 0.25) is 5.91 Å². The Morgan fingerprint density at radius 3 is 2.92 bits per heavy atom. The third-order valence-electron chi connectivity index (χ3n) is 5.24. The second-order valence-corrected chi connectivity index (χ2v) is 7.11. The van der Waals surface area contributed by atoms with E-state index in [0.717, 1.165) is 24.8 Å². The molecule has 4 N–H and O–H groups in total. The summed E-state index contributed by atoms with van der Waals surface area (Å²) in [5, 5.41) is 5.90. The van der Waals surface area contributed by atoms with Crippen LogP contribution in [0.5, 0.6) is 5.75 Å². The van der Waals surface area contributed by atoms with Crippen LogP contribution < -0.4 is 21.1 Å². The van der Waals surface area contributed by atoms with Crippen LogP contribution >= 0.6 is 0 Å². The molecule has 0 aromatic heterocycles. The first-order valence-electron chi connectivity index (χ1n) is 9.14. The third-order valence-corrected chi connectivity index (χ3v) is 5.24. The second-order valence-electron chi connectivity index (χ2n) is 7.11. The van der Waals surface area contributed by atoms with Crippen LogP contribution in [-0.2, 0) is 9.59 Å². The Bertz CT molecular complexity index is 661. The summed E-state index contributed by atoms with van der Waals surface area (Å²) in [5.74, 6) is 0.868. The van der Waals surface area contributed by atoms with Crippen LogP contribution in [-0.4, -0.2) is 24.0 Å². The minimum atomic E-state index is -0.462. The Kier molecular flexibility index (Phi) is 5.27. The topological polar surface area (TPSA) is 93.4 Å². The number of amides is 2. The second kappa shape index (κ2) is 7.44. The summed E-state index contributed by atoms with van der Waals surface area (Å²) in [6.45, 7) is 3.86. The largest absolute Gasteiger partial charge is 0.478 e. The standard InChI is InChI=1S/C19H27N3O3/c1-3-16-19(24)22-15-8-7-12(9-17(15)25-16)11(2)21-18(23)10-13-5-4-6-14(13)20/h7-9,11,13-14,16H,3-6,10,20H2,1-2H3,(H,21,23)(H,22,24)/t11?,13-,14+,16?/m0/s1. The zero-order valence-electron chi connectivity index (χ0n) is 14.9. The summed E-state index contributed by atoms with van der Waals surface area (Å²) in [5.41, 5.74) is 7.68. The molecule has 1 aliphatic carbocycles. The molecule has 0 radical (unpaired) electrons. The van der Waals surface area contributed by atoms with Crippen LogP contribution in [0, 0.1) is 5.92 Å². The summed E-state index contributed by atoms with van der Waals surface area (Å²) >= 11 is 0. The van der Waals surface area contributed by atoms with Gasteiger partial charge in [0, 0.05) is 12.5 Å². The molecule has 4 atom stereocenters. The summed E-state index contributed by atoms with van der Waals surface area (Å²) in [4.78, 5) is 24.1. The van der Waals surface area contributed by atoms with Crippen LogP contribution in [0.15, 0.2) is 18.2 Å². The van der Waals surface area contributed by atoms with Crippen LogP contribution in [0.4, 0.5) is 5.69 Å². The van der Waals surface area contributed by atoms with E-state index < -0.39 is 6.10 Å². The van der Waals surface area contributed by atoms with Crippen molar-refractivity contribution < 1.29 is 14.3 Å². The Morgan fingerprint density at radius 1 is 1.44 bits per heavy atom. The maximum atomic E-state index is 12.3. The third kappa shape index (κ3) is 3.95. The van der Waals surface area contributed by atoms with Crippen molar-refractivity contribution in [2.45, 2.75) is 64.1 Å². The van der Waals surface area contributed by atoms with E-state index in [4.69, 9.17) is 10.5 Å². The minimum absolute atomic E-state index is 0.0354. The monoisotopic (exact) mass is 345 g/mol. The number of anilines is 1. The fourth-order valence-corrected chi connectivity index (χ4v) is 3.64. The van der Waals surface area contributed by atoms with E-state index in [1.54, 1.807) is 0 Å². The predicted molar refractivity (Wildman–Crippen MR) is 96.3 cm³/mol. The van der Waals surface area contributed by atoms with Crippen molar-refractivity contribution in [2.75, 3.05) is 5.32 Å². The van der Waals surface area contributed by atoms with E-state index in [2.05, 4.69) is 10.6 Å². The summed E-state index contributed by atoms with van der Waals surface area (Å²) < 4.78 is 5.77. The summed E-state index contributed by atoms with van der Waals surface area (Å²) in [6.07, 6.45) is 3.80. The van der Waals surface area contributed by atoms with Crippen LogP contribution in [0.25, 0.3) is 0 Å². The molecular formula is C19H27N3O3. The van der Waals surface area contributed by atoms with Gasteiger partial charge in [-0.15, -0.1) is 0 Å². The van der Waals surface area contributed by atoms with Gasteiger partial charge < -0.3 is 21.1 Å². The van der Waals surface area contributed by atoms with Crippen LogP contribution in [0.2, 0.25) is 0 Å². The maximum absolute atomic E-state index is 12.3. The van der Waals surface area contributed by atoms with Gasteiger partial charge in [-0.2, -0.15) is 0 Å². The normalized spacial score (nSPS) is 26.4. The Morgan fingerprint density at radius 2 is 2.24 bits per heavy atom. The van der Waals surface area contributed by atoms with Crippen molar-refractivity contribution in [2.24, 2.45) is 11.7 Å². The molecule has 1 aliphatic heterocycles. The number of ether oxygens (including phenoxy) is 1. The highest BCUT2D eigenvalue weighted by atomic mass is 16.5. The zero-order valence-corrected chi connectivity index (χ0v) is 14.9. The molecule has 2 amide bonds. The predicted octanol–water partition coefficient (Wildman–Crippen LogP) is 2.49. The molecule has 2 unspecified atom stereocenters. The Labute approximate surface area is 148 Å². The smallest absolute Gasteiger partial charge is 0.265 e. The first-order valence-corrected chi connectivity index (χ1v) is 9.14. The molecule has 0 bridgehead atoms. The molecule has 6 nitrogen and oxygen atoms in total. The summed E-state index contributed by atoms with van der Waals surface area (Å²) in [7, 11) is 0. The van der Waals surface area contributed by atoms with Gasteiger partial charge in [0.1, 0.15) is 5.75 Å². The number of carbonyl (C=O) groups is 2. The van der Waals surface area contributed by atoms with E-state index in [9.17, 15) is 9.59 Å². The number of nitrogens with two attached hydrogens (primary N) is 1. The molecule has 1 saturated carbocycles. The fraction of sp³-hybridized carbons (Fsp3) is 0.579. The zero-order chi connectivity index (χ0) is 18.0. The molecular weight excluding hydrogens is 318 g/mol. The van der Waals surface area contributed by atoms with E-state index >= 15 is 0 Å². The van der Waals surface area contributed by atoms with E-state index in [1.165, 1.54) is 0 Å². The van der Waals surface area contributed by atoms with Crippen molar-refractivity contribution in [1.82, 2.24) is 5.32 Å². The number of rotatable bonds is 5. The fourth-order valence-electron chi connectivity index (χ4n) is 3.64.